The summed E-state index contributed by atoms with van der Waals surface area (Å²) in [6.45, 7) is 0. The van der Waals surface area contributed by atoms with Gasteiger partial charge in [-0.15, -0.1) is 0 Å². The maximum atomic E-state index is 12.7. The number of carboxylic acid groups (broad SMARTS) is 1. The number of aromatic nitrogens is 2. The Kier molecular flexibility index (Phi) is 3.01. The van der Waals surface area contributed by atoms with Crippen LogP contribution in [0.15, 0.2) is 30.5 Å². The van der Waals surface area contributed by atoms with Crippen LogP contribution in [0.4, 0.5) is 4.39 Å². The van der Waals surface area contributed by atoms with Crippen molar-refractivity contribution in [3.8, 4) is 11.4 Å². The molecule has 0 saturated heterocycles. The first kappa shape index (κ1) is 11.5. The molecule has 17 heavy (non-hydrogen) atoms. The first-order valence-electron chi connectivity index (χ1n) is 4.59. The third-order valence-corrected chi connectivity index (χ3v) is 2.33. The van der Waals surface area contributed by atoms with E-state index in [9.17, 15) is 9.18 Å². The Morgan fingerprint density at radius 3 is 2.53 bits per heavy atom. The quantitative estimate of drug-likeness (QED) is 0.892. The molecule has 0 bridgehead atoms. The van der Waals surface area contributed by atoms with Crippen LogP contribution in [0.1, 0.15) is 10.5 Å². The summed E-state index contributed by atoms with van der Waals surface area (Å²) >= 11 is 5.64. The highest BCUT2D eigenvalue weighted by Gasteiger charge is 2.13. The van der Waals surface area contributed by atoms with Crippen molar-refractivity contribution in [2.24, 2.45) is 0 Å². The molecule has 1 N–H and O–H groups in total. The molecule has 0 amide bonds. The molecule has 0 atom stereocenters. The number of hydrogen-bond donors (Lipinski definition) is 1. The summed E-state index contributed by atoms with van der Waals surface area (Å²) < 4.78 is 12.7. The van der Waals surface area contributed by atoms with Crippen LogP contribution in [0.5, 0.6) is 0 Å². The lowest BCUT2D eigenvalue weighted by Gasteiger charge is -2.02. The fourth-order valence-electron chi connectivity index (χ4n) is 1.26. The summed E-state index contributed by atoms with van der Waals surface area (Å²) in [5.74, 6) is -1.44. The molecule has 1 aromatic carbocycles. The third-order valence-electron chi connectivity index (χ3n) is 2.05. The Morgan fingerprint density at radius 1 is 1.29 bits per heavy atom. The zero-order valence-electron chi connectivity index (χ0n) is 8.39. The Bertz CT molecular complexity index is 572. The Balaban J connectivity index is 2.50. The normalized spacial score (nSPS) is 10.2. The topological polar surface area (TPSA) is 63.1 Å². The van der Waals surface area contributed by atoms with Crippen molar-refractivity contribution in [2.45, 2.75) is 0 Å². The summed E-state index contributed by atoms with van der Waals surface area (Å²) in [6.07, 6.45) is 1.21. The van der Waals surface area contributed by atoms with E-state index in [4.69, 9.17) is 16.7 Å². The van der Waals surface area contributed by atoms with Gasteiger partial charge in [0.25, 0.3) is 0 Å². The largest absolute Gasteiger partial charge is 0.476 e. The first-order valence-corrected chi connectivity index (χ1v) is 4.97. The van der Waals surface area contributed by atoms with Gasteiger partial charge in [0.2, 0.25) is 0 Å². The van der Waals surface area contributed by atoms with E-state index >= 15 is 0 Å². The average Bonchev–Trinajstić information content (AvgIpc) is 2.30. The third kappa shape index (κ3) is 2.39. The molecule has 0 aliphatic rings. The predicted molar refractivity (Wildman–Crippen MR) is 59.4 cm³/mol. The van der Waals surface area contributed by atoms with Gasteiger partial charge in [0.1, 0.15) is 5.82 Å². The summed E-state index contributed by atoms with van der Waals surface area (Å²) in [6, 6.07) is 5.41. The van der Waals surface area contributed by atoms with E-state index in [1.165, 1.54) is 30.5 Å². The zero-order valence-corrected chi connectivity index (χ0v) is 9.15. The predicted octanol–water partition coefficient (Wildman–Crippen LogP) is 2.63. The van der Waals surface area contributed by atoms with Gasteiger partial charge in [0.05, 0.1) is 11.2 Å². The minimum absolute atomic E-state index is 0.0386. The molecule has 1 heterocycles. The standard InChI is InChI=1S/C11H6ClFN2O2/c12-8-5-14-10(15-9(8)11(16)17)6-1-3-7(13)4-2-6/h1-5H,(H,16,17). The lowest BCUT2D eigenvalue weighted by Crippen LogP contribution is -2.04. The minimum atomic E-state index is -1.24. The fourth-order valence-corrected chi connectivity index (χ4v) is 1.43. The molecule has 4 nitrogen and oxygen atoms in total. The van der Waals surface area contributed by atoms with E-state index in [2.05, 4.69) is 9.97 Å². The zero-order chi connectivity index (χ0) is 12.4. The lowest BCUT2D eigenvalue weighted by atomic mass is 10.2. The highest BCUT2D eigenvalue weighted by molar-refractivity contribution is 6.33. The summed E-state index contributed by atoms with van der Waals surface area (Å²) in [5, 5.41) is 8.81. The maximum Gasteiger partial charge on any atom is 0.356 e. The summed E-state index contributed by atoms with van der Waals surface area (Å²) in [7, 11) is 0. The van der Waals surface area contributed by atoms with Crippen LogP contribution in [0, 0.1) is 5.82 Å². The molecule has 2 aromatic rings. The van der Waals surface area contributed by atoms with Crippen molar-refractivity contribution < 1.29 is 14.3 Å². The molecule has 0 unspecified atom stereocenters. The molecule has 0 fully saturated rings. The molecule has 0 radical (unpaired) electrons. The average molecular weight is 253 g/mol. The van der Waals surface area contributed by atoms with E-state index in [0.29, 0.717) is 5.56 Å². The number of nitrogens with zero attached hydrogens (tertiary/aromatic N) is 2. The van der Waals surface area contributed by atoms with Crippen LogP contribution in [-0.4, -0.2) is 21.0 Å². The van der Waals surface area contributed by atoms with Gasteiger partial charge in [-0.3, -0.25) is 0 Å². The van der Waals surface area contributed by atoms with Gasteiger partial charge in [-0.05, 0) is 24.3 Å². The number of carboxylic acids is 1. The van der Waals surface area contributed by atoms with Crippen LogP contribution in [0.2, 0.25) is 5.02 Å². The monoisotopic (exact) mass is 252 g/mol. The molecule has 0 spiro atoms. The highest BCUT2D eigenvalue weighted by Crippen LogP contribution is 2.19. The second-order valence-corrected chi connectivity index (χ2v) is 3.61. The van der Waals surface area contributed by atoms with E-state index < -0.39 is 5.97 Å². The van der Waals surface area contributed by atoms with E-state index in [-0.39, 0.29) is 22.4 Å². The number of carbonyl (C=O) groups is 1. The summed E-state index contributed by atoms with van der Waals surface area (Å²) in [5.41, 5.74) is 0.242. The molecule has 0 saturated carbocycles. The van der Waals surface area contributed by atoms with Gasteiger partial charge >= 0.3 is 5.97 Å². The van der Waals surface area contributed by atoms with Gasteiger partial charge in [-0.1, -0.05) is 11.6 Å². The second-order valence-electron chi connectivity index (χ2n) is 3.20. The summed E-state index contributed by atoms with van der Waals surface area (Å²) in [4.78, 5) is 18.5. The first-order chi connectivity index (χ1) is 8.08. The maximum absolute atomic E-state index is 12.7. The Labute approximate surface area is 101 Å². The SMILES string of the molecule is O=C(O)c1nc(-c2ccc(F)cc2)ncc1Cl. The second kappa shape index (κ2) is 4.47. The van der Waals surface area contributed by atoms with Crippen LogP contribution in [-0.2, 0) is 0 Å². The van der Waals surface area contributed by atoms with Crippen molar-refractivity contribution in [3.63, 3.8) is 0 Å². The van der Waals surface area contributed by atoms with Crippen molar-refractivity contribution in [2.75, 3.05) is 0 Å². The molecular weight excluding hydrogens is 247 g/mol. The minimum Gasteiger partial charge on any atom is -0.476 e. The van der Waals surface area contributed by atoms with Crippen molar-refractivity contribution in [1.29, 1.82) is 0 Å². The molecular formula is C11H6ClFN2O2. The molecule has 86 valence electrons. The van der Waals surface area contributed by atoms with Crippen LogP contribution in [0.25, 0.3) is 11.4 Å². The molecule has 0 aliphatic carbocycles. The van der Waals surface area contributed by atoms with E-state index in [1.54, 1.807) is 0 Å². The van der Waals surface area contributed by atoms with Crippen molar-refractivity contribution in [1.82, 2.24) is 9.97 Å². The van der Waals surface area contributed by atoms with Gasteiger partial charge in [0.15, 0.2) is 11.5 Å². The number of aromatic carboxylic acids is 1. The van der Waals surface area contributed by atoms with Crippen molar-refractivity contribution >= 4 is 17.6 Å². The Hall–Kier alpha value is -2.01. The van der Waals surface area contributed by atoms with Gasteiger partial charge < -0.3 is 5.11 Å². The molecule has 1 aromatic heterocycles. The highest BCUT2D eigenvalue weighted by atomic mass is 35.5. The van der Waals surface area contributed by atoms with Crippen LogP contribution in [0.3, 0.4) is 0 Å². The van der Waals surface area contributed by atoms with Crippen LogP contribution >= 0.6 is 11.6 Å². The van der Waals surface area contributed by atoms with E-state index in [1.807, 2.05) is 0 Å². The number of hydrogen-bond acceptors (Lipinski definition) is 3. The van der Waals surface area contributed by atoms with Crippen LogP contribution < -0.4 is 0 Å². The van der Waals surface area contributed by atoms with Crippen molar-refractivity contribution in [3.05, 3.63) is 47.0 Å². The number of rotatable bonds is 2. The Morgan fingerprint density at radius 2 is 1.94 bits per heavy atom. The lowest BCUT2D eigenvalue weighted by molar-refractivity contribution is 0.0690. The van der Waals surface area contributed by atoms with Gasteiger partial charge in [0, 0.05) is 5.56 Å². The molecule has 6 heteroatoms. The molecule has 0 aliphatic heterocycles. The fraction of sp³-hybridized carbons (Fsp3) is 0. The number of halogens is 2. The van der Waals surface area contributed by atoms with E-state index in [0.717, 1.165) is 0 Å². The van der Waals surface area contributed by atoms with Gasteiger partial charge in [-0.25, -0.2) is 19.2 Å². The molecule has 2 rings (SSSR count). The van der Waals surface area contributed by atoms with Gasteiger partial charge in [-0.2, -0.15) is 0 Å². The smallest absolute Gasteiger partial charge is 0.356 e. The number of benzene rings is 1.